The molecule has 3 aromatic carbocycles. The van der Waals surface area contributed by atoms with Crippen LogP contribution in [0.4, 0.5) is 4.39 Å². The third-order valence-electron chi connectivity index (χ3n) is 4.01. The van der Waals surface area contributed by atoms with Gasteiger partial charge >= 0.3 is 0 Å². The van der Waals surface area contributed by atoms with Crippen molar-refractivity contribution in [2.45, 2.75) is 0 Å². The van der Waals surface area contributed by atoms with E-state index in [0.29, 0.717) is 10.3 Å². The van der Waals surface area contributed by atoms with Gasteiger partial charge in [0.1, 0.15) is 11.6 Å². The predicted octanol–water partition coefficient (Wildman–Crippen LogP) is 6.31. The van der Waals surface area contributed by atoms with E-state index in [1.54, 1.807) is 12.1 Å². The van der Waals surface area contributed by atoms with Gasteiger partial charge in [-0.15, -0.1) is 0 Å². The molecule has 0 saturated heterocycles. The number of aromatic nitrogens is 2. The number of hydrogen-bond acceptors (Lipinski definition) is 1. The Balaban J connectivity index is 1.90. The molecular weight excluding hydrogens is 379 g/mol. The largest absolute Gasteiger partial charge is 0.337 e. The molecule has 0 aliphatic heterocycles. The molecule has 122 valence electrons. The maximum absolute atomic E-state index is 13.6. The second kappa shape index (κ2) is 6.65. The predicted molar refractivity (Wildman–Crippen MR) is 103 cm³/mol. The van der Waals surface area contributed by atoms with Crippen LogP contribution in [0.5, 0.6) is 0 Å². The zero-order valence-corrected chi connectivity index (χ0v) is 14.8. The number of benzene rings is 3. The lowest BCUT2D eigenvalue weighted by Gasteiger charge is -2.02. The summed E-state index contributed by atoms with van der Waals surface area (Å²) in [4.78, 5) is 8.20. The lowest BCUT2D eigenvalue weighted by atomic mass is 10.1. The number of imidazole rings is 1. The van der Waals surface area contributed by atoms with E-state index in [9.17, 15) is 4.39 Å². The Hall–Kier alpha value is -2.72. The fourth-order valence-electron chi connectivity index (χ4n) is 2.77. The molecule has 0 unspecified atom stereocenters. The summed E-state index contributed by atoms with van der Waals surface area (Å²) in [6.45, 7) is 0. The first-order chi connectivity index (χ1) is 12.2. The van der Waals surface area contributed by atoms with Crippen molar-refractivity contribution in [1.29, 1.82) is 0 Å². The summed E-state index contributed by atoms with van der Waals surface area (Å²) in [6, 6.07) is 25.0. The molecule has 0 bridgehead atoms. The van der Waals surface area contributed by atoms with Crippen LogP contribution >= 0.6 is 15.9 Å². The zero-order valence-electron chi connectivity index (χ0n) is 13.2. The average molecular weight is 393 g/mol. The van der Waals surface area contributed by atoms with Gasteiger partial charge in [-0.3, -0.25) is 0 Å². The highest BCUT2D eigenvalue weighted by atomic mass is 79.9. The van der Waals surface area contributed by atoms with Crippen molar-refractivity contribution in [2.75, 3.05) is 0 Å². The molecule has 4 heteroatoms. The van der Waals surface area contributed by atoms with Crippen LogP contribution in [-0.4, -0.2) is 9.97 Å². The third kappa shape index (κ3) is 3.13. The van der Waals surface area contributed by atoms with Crippen molar-refractivity contribution >= 4 is 15.9 Å². The van der Waals surface area contributed by atoms with Gasteiger partial charge in [-0.1, -0.05) is 60.7 Å². The molecule has 4 aromatic rings. The Bertz CT molecular complexity index is 954. The normalized spacial score (nSPS) is 10.8. The monoisotopic (exact) mass is 392 g/mol. The smallest absolute Gasteiger partial charge is 0.138 e. The number of hydrogen-bond donors (Lipinski definition) is 1. The molecule has 0 aliphatic carbocycles. The van der Waals surface area contributed by atoms with Gasteiger partial charge in [0.15, 0.2) is 0 Å². The van der Waals surface area contributed by atoms with Crippen molar-refractivity contribution in [3.8, 4) is 33.9 Å². The van der Waals surface area contributed by atoms with Crippen molar-refractivity contribution in [1.82, 2.24) is 9.97 Å². The van der Waals surface area contributed by atoms with Crippen LogP contribution in [0.2, 0.25) is 0 Å². The summed E-state index contributed by atoms with van der Waals surface area (Å²) in [7, 11) is 0. The van der Waals surface area contributed by atoms with Crippen LogP contribution in [0.25, 0.3) is 33.9 Å². The van der Waals surface area contributed by atoms with Crippen molar-refractivity contribution in [3.05, 3.63) is 89.2 Å². The molecule has 0 radical (unpaired) electrons. The summed E-state index contributed by atoms with van der Waals surface area (Å²) in [5.41, 5.74) is 4.74. The van der Waals surface area contributed by atoms with Gasteiger partial charge in [0.2, 0.25) is 0 Å². The second-order valence-electron chi connectivity index (χ2n) is 5.67. The fraction of sp³-hybridized carbons (Fsp3) is 0. The Morgan fingerprint density at radius 1 is 0.760 bits per heavy atom. The first-order valence-electron chi connectivity index (χ1n) is 7.88. The third-order valence-corrected chi connectivity index (χ3v) is 4.61. The van der Waals surface area contributed by atoms with Crippen LogP contribution in [0.1, 0.15) is 0 Å². The summed E-state index contributed by atoms with van der Waals surface area (Å²) in [6.07, 6.45) is 0. The summed E-state index contributed by atoms with van der Waals surface area (Å²) in [5.74, 6) is 0.417. The molecule has 1 N–H and O–H groups in total. The Morgan fingerprint density at radius 3 is 2.04 bits per heavy atom. The molecule has 0 saturated carbocycles. The molecule has 0 fully saturated rings. The summed E-state index contributed by atoms with van der Waals surface area (Å²) in [5, 5.41) is 0. The molecule has 25 heavy (non-hydrogen) atoms. The van der Waals surface area contributed by atoms with Gasteiger partial charge in [-0.2, -0.15) is 0 Å². The van der Waals surface area contributed by atoms with Gasteiger partial charge in [0.05, 0.1) is 15.9 Å². The second-order valence-corrected chi connectivity index (χ2v) is 6.52. The van der Waals surface area contributed by atoms with Gasteiger partial charge in [-0.05, 0) is 34.1 Å². The molecular formula is C21H14BrFN2. The minimum atomic E-state index is -0.290. The number of nitrogens with one attached hydrogen (secondary N) is 1. The molecule has 1 heterocycles. The van der Waals surface area contributed by atoms with E-state index in [4.69, 9.17) is 4.98 Å². The minimum Gasteiger partial charge on any atom is -0.337 e. The first kappa shape index (κ1) is 15.8. The van der Waals surface area contributed by atoms with Crippen molar-refractivity contribution in [3.63, 3.8) is 0 Å². The Morgan fingerprint density at radius 2 is 1.40 bits per heavy atom. The molecule has 4 rings (SSSR count). The lowest BCUT2D eigenvalue weighted by molar-refractivity contribution is 0.621. The number of aromatic amines is 1. The molecule has 1 aromatic heterocycles. The summed E-state index contributed by atoms with van der Waals surface area (Å²) >= 11 is 3.24. The standard InChI is InChI=1S/C21H14BrFN2/c22-17-13-16(11-12-18(17)23)21-24-19(14-7-3-1-4-8-14)20(25-21)15-9-5-2-6-10-15/h1-13H,(H,24,25). The SMILES string of the molecule is Fc1ccc(-c2nc(-c3ccccc3)c(-c3ccccc3)[nH]2)cc1Br. The Kier molecular flexibility index (Phi) is 4.20. The van der Waals surface area contributed by atoms with E-state index in [-0.39, 0.29) is 5.82 Å². The highest BCUT2D eigenvalue weighted by Gasteiger charge is 2.15. The molecule has 2 nitrogen and oxygen atoms in total. The van der Waals surface area contributed by atoms with Crippen molar-refractivity contribution < 1.29 is 4.39 Å². The first-order valence-corrected chi connectivity index (χ1v) is 8.68. The average Bonchev–Trinajstić information content (AvgIpc) is 3.11. The minimum absolute atomic E-state index is 0.290. The van der Waals surface area contributed by atoms with E-state index in [1.165, 1.54) is 6.07 Å². The highest BCUT2D eigenvalue weighted by molar-refractivity contribution is 9.10. The topological polar surface area (TPSA) is 28.7 Å². The molecule has 0 aliphatic rings. The maximum atomic E-state index is 13.6. The molecule has 0 amide bonds. The fourth-order valence-corrected chi connectivity index (χ4v) is 3.15. The number of halogens is 2. The van der Waals surface area contributed by atoms with Gasteiger partial charge in [0, 0.05) is 16.7 Å². The van der Waals surface area contributed by atoms with Crippen LogP contribution < -0.4 is 0 Å². The number of nitrogens with zero attached hydrogens (tertiary/aromatic N) is 1. The van der Waals surface area contributed by atoms with E-state index < -0.39 is 0 Å². The van der Waals surface area contributed by atoms with Crippen LogP contribution in [0.3, 0.4) is 0 Å². The van der Waals surface area contributed by atoms with Crippen LogP contribution in [-0.2, 0) is 0 Å². The van der Waals surface area contributed by atoms with Crippen LogP contribution in [0.15, 0.2) is 83.3 Å². The van der Waals surface area contributed by atoms with E-state index in [0.717, 1.165) is 28.1 Å². The van der Waals surface area contributed by atoms with Gasteiger partial charge in [-0.25, -0.2) is 9.37 Å². The molecule has 0 spiro atoms. The highest BCUT2D eigenvalue weighted by Crippen LogP contribution is 2.33. The van der Waals surface area contributed by atoms with E-state index >= 15 is 0 Å². The Labute approximate surface area is 153 Å². The van der Waals surface area contributed by atoms with Crippen LogP contribution in [0, 0.1) is 5.82 Å². The zero-order chi connectivity index (χ0) is 17.2. The number of H-pyrrole nitrogens is 1. The lowest BCUT2D eigenvalue weighted by Crippen LogP contribution is -1.84. The summed E-state index contributed by atoms with van der Waals surface area (Å²) < 4.78 is 14.0. The van der Waals surface area contributed by atoms with E-state index in [1.807, 2.05) is 60.7 Å². The van der Waals surface area contributed by atoms with Gasteiger partial charge < -0.3 is 4.98 Å². The molecule has 0 atom stereocenters. The van der Waals surface area contributed by atoms with Crippen molar-refractivity contribution in [2.24, 2.45) is 0 Å². The maximum Gasteiger partial charge on any atom is 0.138 e. The number of rotatable bonds is 3. The quantitative estimate of drug-likeness (QED) is 0.434. The van der Waals surface area contributed by atoms with Gasteiger partial charge in [0.25, 0.3) is 0 Å². The van der Waals surface area contributed by atoms with E-state index in [2.05, 4.69) is 20.9 Å².